The van der Waals surface area contributed by atoms with Crippen molar-refractivity contribution in [2.24, 2.45) is 17.8 Å². The lowest BCUT2D eigenvalue weighted by atomic mass is 9.99. The number of aromatic nitrogens is 1. The summed E-state index contributed by atoms with van der Waals surface area (Å²) >= 11 is 5.88. The van der Waals surface area contributed by atoms with Gasteiger partial charge in [-0.2, -0.15) is 0 Å². The first-order valence-electron chi connectivity index (χ1n) is 30.4. The third-order valence-corrected chi connectivity index (χ3v) is 15.7. The number of aromatic carboxylic acids is 1. The van der Waals surface area contributed by atoms with E-state index in [9.17, 15) is 53.1 Å². The zero-order valence-corrected chi connectivity index (χ0v) is 60.3. The second kappa shape index (κ2) is 44.5. The van der Waals surface area contributed by atoms with E-state index in [1.54, 1.807) is 12.1 Å². The molecule has 0 fully saturated rings. The molecule has 2 heterocycles. The van der Waals surface area contributed by atoms with Gasteiger partial charge in [-0.25, -0.2) is 43.2 Å². The Bertz CT molecular complexity index is 3480. The number of carboxylic acid groups (broad SMARTS) is 1. The molecule has 2 aromatic heterocycles. The fourth-order valence-corrected chi connectivity index (χ4v) is 9.46. The average molecular weight is 1670 g/mol. The molecule has 0 radical (unpaired) electrons. The predicted molar refractivity (Wildman–Crippen MR) is 375 cm³/mol. The van der Waals surface area contributed by atoms with Gasteiger partial charge in [-0.15, -0.1) is 0 Å². The van der Waals surface area contributed by atoms with Crippen LogP contribution in [0.3, 0.4) is 0 Å². The minimum Gasteiger partial charge on any atom is -0.490 e. The van der Waals surface area contributed by atoms with E-state index in [2.05, 4.69) is 38.5 Å². The van der Waals surface area contributed by atoms with Crippen LogP contribution in [0.4, 0.5) is 14.4 Å². The van der Waals surface area contributed by atoms with Crippen LogP contribution in [0.1, 0.15) is 120 Å². The van der Waals surface area contributed by atoms with Gasteiger partial charge in [0.1, 0.15) is 85.1 Å². The van der Waals surface area contributed by atoms with Crippen molar-refractivity contribution in [3.05, 3.63) is 195 Å². The molecule has 0 saturated carbocycles. The number of rotatable bonds is 33. The van der Waals surface area contributed by atoms with Crippen LogP contribution in [0.5, 0.6) is 5.75 Å². The number of furan rings is 1. The lowest BCUT2D eigenvalue weighted by Crippen LogP contribution is -2.46. The second-order valence-electron chi connectivity index (χ2n) is 21.1. The highest BCUT2D eigenvalue weighted by Crippen LogP contribution is 2.22. The van der Waals surface area contributed by atoms with Gasteiger partial charge >= 0.3 is 54.1 Å². The zero-order chi connectivity index (χ0) is 70.4. The number of hydrogen-bond donors (Lipinski definition) is 4. The number of benzene rings is 4. The van der Waals surface area contributed by atoms with Gasteiger partial charge in [-0.3, -0.25) is 4.79 Å². The van der Waals surface area contributed by atoms with Crippen molar-refractivity contribution in [3.63, 3.8) is 0 Å². The van der Waals surface area contributed by atoms with E-state index in [1.807, 2.05) is 178 Å². The smallest absolute Gasteiger partial charge is 0.408 e. The zero-order valence-electron chi connectivity index (χ0n) is 53.8. The summed E-state index contributed by atoms with van der Waals surface area (Å²) in [6.07, 6.45) is 1.16. The van der Waals surface area contributed by atoms with Gasteiger partial charge in [0.05, 0.1) is 17.7 Å². The Morgan fingerprint density at radius 1 is 0.500 bits per heavy atom. The molecule has 0 bridgehead atoms. The quantitative estimate of drug-likeness (QED) is 0.00977. The molecular formula is C68H79I3N4O21. The summed E-state index contributed by atoms with van der Waals surface area (Å²) in [4.78, 5) is 121. The maximum absolute atomic E-state index is 12.6. The summed E-state index contributed by atoms with van der Waals surface area (Å²) in [5, 5.41) is 16.9. The summed E-state index contributed by atoms with van der Waals surface area (Å²) in [7, 11) is 0. The van der Waals surface area contributed by atoms with Crippen molar-refractivity contribution in [2.75, 3.05) is 29.0 Å². The van der Waals surface area contributed by atoms with Crippen LogP contribution >= 0.6 is 67.8 Å². The van der Waals surface area contributed by atoms with Crippen LogP contribution in [0.15, 0.2) is 149 Å². The van der Waals surface area contributed by atoms with Crippen LogP contribution in [0.25, 0.3) is 0 Å². The Labute approximate surface area is 597 Å². The van der Waals surface area contributed by atoms with Gasteiger partial charge in [0, 0.05) is 16.7 Å². The van der Waals surface area contributed by atoms with E-state index in [-0.39, 0.29) is 102 Å². The van der Waals surface area contributed by atoms with E-state index in [1.165, 1.54) is 41.1 Å². The molecule has 28 heteroatoms. The van der Waals surface area contributed by atoms with E-state index in [0.29, 0.717) is 40.8 Å². The first-order chi connectivity index (χ1) is 46.1. The molecule has 6 aromatic rings. The molecular weight excluding hydrogens is 1590 g/mol. The molecule has 0 aliphatic heterocycles. The third-order valence-electron chi connectivity index (χ3n) is 14.3. The molecule has 0 aliphatic rings. The van der Waals surface area contributed by atoms with Crippen LogP contribution in [-0.4, -0.2) is 111 Å². The average Bonchev–Trinajstić information content (AvgIpc) is 2.43. The van der Waals surface area contributed by atoms with Crippen molar-refractivity contribution >= 4 is 122 Å². The minimum absolute atomic E-state index is 0.0211. The second-order valence-corrected chi connectivity index (χ2v) is 23.1. The Kier molecular flexibility index (Phi) is 37.1. The van der Waals surface area contributed by atoms with Crippen LogP contribution in [0, 0.1) is 17.8 Å². The number of carbonyl (C=O) groups excluding carboxylic acids is 8. The fourth-order valence-electron chi connectivity index (χ4n) is 8.27. The van der Waals surface area contributed by atoms with Crippen LogP contribution < -0.4 is 26.2 Å². The highest BCUT2D eigenvalue weighted by molar-refractivity contribution is 14.1. The molecule has 0 spiro atoms. The summed E-state index contributed by atoms with van der Waals surface area (Å²) in [6, 6.07) is 35.3. The molecule has 4 N–H and O–H groups in total. The minimum atomic E-state index is -0.993. The summed E-state index contributed by atoms with van der Waals surface area (Å²) in [5.74, 6) is -3.68. The van der Waals surface area contributed by atoms with Gasteiger partial charge in [0.25, 0.3) is 5.56 Å². The number of hydrogen-bond acceptors (Lipinski definition) is 20. The normalized spacial score (nSPS) is 12.4. The molecule has 518 valence electrons. The molecule has 3 amide bonds. The van der Waals surface area contributed by atoms with E-state index >= 15 is 0 Å². The summed E-state index contributed by atoms with van der Waals surface area (Å²) in [6.45, 7) is 11.3. The summed E-state index contributed by atoms with van der Waals surface area (Å²) < 4.78 is 54.3. The number of ether oxygens (including phenoxy) is 9. The first-order valence-corrected chi connectivity index (χ1v) is 34.9. The van der Waals surface area contributed by atoms with Crippen molar-refractivity contribution < 1.29 is 95.3 Å². The Morgan fingerprint density at radius 2 is 0.948 bits per heavy atom. The number of nitrogens with zero attached hydrogens (tertiary/aromatic N) is 1. The molecule has 4 aromatic carbocycles. The van der Waals surface area contributed by atoms with Gasteiger partial charge in [-0.05, 0) is 122 Å². The predicted octanol–water partition coefficient (Wildman–Crippen LogP) is 12.1. The topological polar surface area (TPSA) is 328 Å². The molecule has 0 saturated heterocycles. The van der Waals surface area contributed by atoms with Crippen molar-refractivity contribution in [1.82, 2.24) is 20.5 Å². The number of nitrogens with one attached hydrogen (secondary N) is 3. The number of carbonyl (C=O) groups is 9. The van der Waals surface area contributed by atoms with Gasteiger partial charge in [-0.1, -0.05) is 174 Å². The fraction of sp³-hybridized carbons (Fsp3) is 0.382. The Hall–Kier alpha value is -8.27. The maximum atomic E-state index is 12.6. The molecule has 25 nitrogen and oxygen atoms in total. The van der Waals surface area contributed by atoms with Crippen molar-refractivity contribution in [3.8, 4) is 5.75 Å². The lowest BCUT2D eigenvalue weighted by molar-refractivity contribution is -0.149. The number of amides is 3. The van der Waals surface area contributed by atoms with E-state index < -0.39 is 72.2 Å². The highest BCUT2D eigenvalue weighted by atomic mass is 127. The molecule has 6 atom stereocenters. The van der Waals surface area contributed by atoms with Crippen molar-refractivity contribution in [1.29, 1.82) is 0 Å². The lowest BCUT2D eigenvalue weighted by Gasteiger charge is -2.22. The highest BCUT2D eigenvalue weighted by Gasteiger charge is 2.31. The van der Waals surface area contributed by atoms with Crippen LogP contribution in [0.2, 0.25) is 0 Å². The van der Waals surface area contributed by atoms with Crippen LogP contribution in [-0.2, 0) is 89.7 Å². The number of alkyl carbamates (subject to hydrolysis) is 3. The van der Waals surface area contributed by atoms with Gasteiger partial charge in [0.15, 0.2) is 0 Å². The number of halogens is 3. The third kappa shape index (κ3) is 29.0. The van der Waals surface area contributed by atoms with Crippen molar-refractivity contribution in [2.45, 2.75) is 116 Å². The molecule has 0 unspecified atom stereocenters. The number of esters is 5. The standard InChI is InChI=1S/C24H28INO7.C23H27IN2O7.C21H24INO7/c1-3-16(2)21(26-24(30)33-15-17-7-5-4-6-8-17)23(29)32-12-11-31-19-9-10-20(22(27)28)18(13-19)14-25;1-3-16(2)20(25-23(30)32-14-17-7-5-4-6-8-17)22(29)31-12-11-26-13-18(9-10-19(26)27)21(28)33-15-24;1-3-14(2)18(23-21(26)28-11-15-7-5-4-6-8-15)20(25)27-12-16-9-10-17(30-16)19(24)29-13-22/h4-10,13,16,21H,3,11-12,14-15H2,1-2H3,(H,26,30)(H,27,28);4-10,13,16,20H,3,11-12,14-15H2,1-2H3,(H,25,30);4-10,14,18H,3,11-13H2,1-2H3,(H,23,26)/t16-,21-;16-,20-;14-,18-/m000/s1. The maximum Gasteiger partial charge on any atom is 0.408 e. The van der Waals surface area contributed by atoms with E-state index in [0.717, 1.165) is 16.7 Å². The largest absolute Gasteiger partial charge is 0.490 e. The summed E-state index contributed by atoms with van der Waals surface area (Å²) in [5.41, 5.74) is 3.25. The number of alkyl halides is 3. The molecule has 96 heavy (non-hydrogen) atoms. The Morgan fingerprint density at radius 3 is 1.39 bits per heavy atom. The number of pyridine rings is 1. The number of carboxylic acids is 1. The van der Waals surface area contributed by atoms with Gasteiger partial charge in [0.2, 0.25) is 5.76 Å². The molecule has 6 rings (SSSR count). The Balaban J connectivity index is 0.000000307. The monoisotopic (exact) mass is 1670 g/mol. The SMILES string of the molecule is CC[C@H](C)[C@H](NC(=O)OCc1ccccc1)C(=O)OCCOc1ccc(C(=O)O)c(CI)c1.CC[C@H](C)[C@H](NC(=O)OCc1ccccc1)C(=O)OCCn1cc(C(=O)OCI)ccc1=O.CC[C@H](C)[C@H](NC(=O)OCc1ccccc1)C(=O)OCc1ccc(C(=O)OCI)o1. The first kappa shape index (κ1) is 80.2. The van der Waals surface area contributed by atoms with E-state index in [4.69, 9.17) is 47.0 Å². The van der Waals surface area contributed by atoms with Gasteiger partial charge < -0.3 is 72.7 Å². The molecule has 0 aliphatic carbocycles.